The van der Waals surface area contributed by atoms with Crippen LogP contribution in [0.25, 0.3) is 0 Å². The number of methoxy groups -OCH3 is 1. The number of esters is 1. The van der Waals surface area contributed by atoms with Crippen LogP contribution in [0.5, 0.6) is 0 Å². The molecule has 0 spiro atoms. The second kappa shape index (κ2) is 8.65. The first-order chi connectivity index (χ1) is 12.3. The fourth-order valence-electron chi connectivity index (χ4n) is 2.71. The zero-order chi connectivity index (χ0) is 19.2. The maximum atomic E-state index is 12.5. The highest BCUT2D eigenvalue weighted by molar-refractivity contribution is 5.96. The Bertz CT molecular complexity index is 730. The van der Waals surface area contributed by atoms with Crippen molar-refractivity contribution in [3.63, 3.8) is 0 Å². The van der Waals surface area contributed by atoms with E-state index in [1.54, 1.807) is 12.1 Å². The molecule has 0 saturated heterocycles. The largest absolute Gasteiger partial charge is 0.467 e. The van der Waals surface area contributed by atoms with E-state index in [1.165, 1.54) is 7.11 Å². The molecule has 0 aliphatic heterocycles. The van der Waals surface area contributed by atoms with Crippen LogP contribution in [0.3, 0.4) is 0 Å². The number of carbonyl (C=O) groups excluding carboxylic acids is 2. The Hall–Kier alpha value is -2.62. The zero-order valence-electron chi connectivity index (χ0n) is 15.9. The van der Waals surface area contributed by atoms with Crippen LogP contribution < -0.4 is 5.32 Å². The summed E-state index contributed by atoms with van der Waals surface area (Å²) in [6.45, 7) is 6.37. The van der Waals surface area contributed by atoms with Gasteiger partial charge < -0.3 is 10.1 Å². The molecular weight excluding hydrogens is 326 g/mol. The van der Waals surface area contributed by atoms with Gasteiger partial charge in [-0.1, -0.05) is 63.2 Å². The predicted octanol–water partition coefficient (Wildman–Crippen LogP) is 3.89. The minimum atomic E-state index is -0.671. The highest BCUT2D eigenvalue weighted by Gasteiger charge is 2.22. The summed E-state index contributed by atoms with van der Waals surface area (Å²) in [7, 11) is 1.34. The summed E-state index contributed by atoms with van der Waals surface area (Å²) in [5.41, 5.74) is 2.83. The summed E-state index contributed by atoms with van der Waals surface area (Å²) in [5, 5.41) is 2.80. The molecule has 138 valence electrons. The van der Waals surface area contributed by atoms with E-state index in [0.29, 0.717) is 18.4 Å². The molecule has 2 aromatic carbocycles. The van der Waals surface area contributed by atoms with Crippen LogP contribution in [0.1, 0.15) is 48.7 Å². The normalized spacial score (nSPS) is 12.3. The van der Waals surface area contributed by atoms with Crippen molar-refractivity contribution in [3.05, 3.63) is 71.3 Å². The molecule has 1 amide bonds. The van der Waals surface area contributed by atoms with Gasteiger partial charge in [-0.25, -0.2) is 4.79 Å². The van der Waals surface area contributed by atoms with Gasteiger partial charge >= 0.3 is 5.97 Å². The quantitative estimate of drug-likeness (QED) is 0.802. The summed E-state index contributed by atoms with van der Waals surface area (Å²) >= 11 is 0. The molecule has 2 aromatic rings. The smallest absolute Gasteiger partial charge is 0.328 e. The van der Waals surface area contributed by atoms with Crippen molar-refractivity contribution < 1.29 is 14.3 Å². The monoisotopic (exact) mass is 353 g/mol. The van der Waals surface area contributed by atoms with E-state index in [1.807, 2.05) is 42.5 Å². The van der Waals surface area contributed by atoms with Gasteiger partial charge in [-0.15, -0.1) is 0 Å². The van der Waals surface area contributed by atoms with Crippen LogP contribution in [0.2, 0.25) is 0 Å². The molecule has 0 aliphatic rings. The second-order valence-corrected chi connectivity index (χ2v) is 7.40. The molecule has 4 heteroatoms. The van der Waals surface area contributed by atoms with Gasteiger partial charge in [0, 0.05) is 5.56 Å². The first kappa shape index (κ1) is 19.7. The predicted molar refractivity (Wildman–Crippen MR) is 103 cm³/mol. The van der Waals surface area contributed by atoms with Crippen molar-refractivity contribution in [2.75, 3.05) is 7.11 Å². The van der Waals surface area contributed by atoms with Crippen molar-refractivity contribution in [2.24, 2.45) is 0 Å². The van der Waals surface area contributed by atoms with Crippen molar-refractivity contribution >= 4 is 11.9 Å². The first-order valence-electron chi connectivity index (χ1n) is 8.84. The number of ether oxygens (including phenoxy) is 1. The molecule has 1 atom stereocenters. The van der Waals surface area contributed by atoms with Gasteiger partial charge in [-0.2, -0.15) is 0 Å². The minimum Gasteiger partial charge on any atom is -0.467 e. The van der Waals surface area contributed by atoms with E-state index in [4.69, 9.17) is 4.74 Å². The summed E-state index contributed by atoms with van der Waals surface area (Å²) in [4.78, 5) is 24.6. The lowest BCUT2D eigenvalue weighted by Gasteiger charge is -2.20. The molecule has 0 unspecified atom stereocenters. The fraction of sp³-hybridized carbons (Fsp3) is 0.364. The van der Waals surface area contributed by atoms with E-state index in [2.05, 4.69) is 26.1 Å². The summed E-state index contributed by atoms with van der Waals surface area (Å²) < 4.78 is 4.85. The lowest BCUT2D eigenvalue weighted by Crippen LogP contribution is -2.41. The van der Waals surface area contributed by atoms with E-state index < -0.39 is 12.0 Å². The number of nitrogens with one attached hydrogen (secondary N) is 1. The number of hydrogen-bond acceptors (Lipinski definition) is 3. The van der Waals surface area contributed by atoms with Gasteiger partial charge in [-0.3, -0.25) is 4.79 Å². The highest BCUT2D eigenvalue weighted by Crippen LogP contribution is 2.22. The van der Waals surface area contributed by atoms with Crippen LogP contribution in [0, 0.1) is 0 Å². The fourth-order valence-corrected chi connectivity index (χ4v) is 2.71. The van der Waals surface area contributed by atoms with Crippen LogP contribution in [-0.4, -0.2) is 25.0 Å². The third kappa shape index (κ3) is 5.45. The molecule has 2 rings (SSSR count). The van der Waals surface area contributed by atoms with E-state index in [9.17, 15) is 9.59 Å². The third-order valence-corrected chi connectivity index (χ3v) is 4.37. The van der Waals surface area contributed by atoms with Gasteiger partial charge in [0.05, 0.1) is 7.11 Å². The molecule has 0 heterocycles. The molecule has 0 bridgehead atoms. The number of carbonyl (C=O) groups is 2. The minimum absolute atomic E-state index is 0.0270. The van der Waals surface area contributed by atoms with E-state index >= 15 is 0 Å². The van der Waals surface area contributed by atoms with Crippen molar-refractivity contribution in [2.45, 2.75) is 45.1 Å². The molecule has 0 fully saturated rings. The average molecular weight is 353 g/mol. The van der Waals surface area contributed by atoms with Crippen molar-refractivity contribution in [3.8, 4) is 0 Å². The van der Waals surface area contributed by atoms with Gasteiger partial charge in [-0.05, 0) is 41.5 Å². The zero-order valence-corrected chi connectivity index (χ0v) is 15.9. The maximum absolute atomic E-state index is 12.5. The summed E-state index contributed by atoms with van der Waals surface area (Å²) in [6.07, 6.45) is 1.17. The number of aryl methyl sites for hydroxylation is 1. The van der Waals surface area contributed by atoms with Gasteiger partial charge in [0.15, 0.2) is 0 Å². The molecular formula is C22H27NO3. The Labute approximate surface area is 155 Å². The summed E-state index contributed by atoms with van der Waals surface area (Å²) in [5.74, 6) is -0.700. The number of hydrogen-bond donors (Lipinski definition) is 1. The average Bonchev–Trinajstić information content (AvgIpc) is 2.64. The van der Waals surface area contributed by atoms with E-state index in [-0.39, 0.29) is 11.3 Å². The molecule has 0 saturated carbocycles. The van der Waals surface area contributed by atoms with Crippen LogP contribution in [-0.2, 0) is 21.4 Å². The van der Waals surface area contributed by atoms with Crippen molar-refractivity contribution in [1.29, 1.82) is 0 Å². The lowest BCUT2D eigenvalue weighted by molar-refractivity contribution is -0.143. The molecule has 1 N–H and O–H groups in total. The highest BCUT2D eigenvalue weighted by atomic mass is 16.5. The molecule has 0 aliphatic carbocycles. The van der Waals surface area contributed by atoms with Crippen LogP contribution in [0.4, 0.5) is 0 Å². The van der Waals surface area contributed by atoms with Crippen molar-refractivity contribution in [1.82, 2.24) is 5.32 Å². The molecule has 26 heavy (non-hydrogen) atoms. The Kier molecular flexibility index (Phi) is 6.56. The Morgan fingerprint density at radius 2 is 1.62 bits per heavy atom. The number of benzene rings is 2. The first-order valence-corrected chi connectivity index (χ1v) is 8.84. The van der Waals surface area contributed by atoms with Gasteiger partial charge in [0.2, 0.25) is 0 Å². The number of rotatable bonds is 6. The standard InChI is InChI=1S/C22H27NO3/c1-22(2,3)18-13-11-17(12-14-18)20(24)23-19(21(25)26-4)15-10-16-8-6-5-7-9-16/h5-9,11-14,19H,10,15H2,1-4H3,(H,23,24)/t19-/m1/s1. The third-order valence-electron chi connectivity index (χ3n) is 4.37. The van der Waals surface area contributed by atoms with Crippen LogP contribution >= 0.6 is 0 Å². The SMILES string of the molecule is COC(=O)[C@@H](CCc1ccccc1)NC(=O)c1ccc(C(C)(C)C)cc1. The Balaban J connectivity index is 2.05. The lowest BCUT2D eigenvalue weighted by atomic mass is 9.86. The molecule has 0 radical (unpaired) electrons. The molecule has 4 nitrogen and oxygen atoms in total. The summed E-state index contributed by atoms with van der Waals surface area (Å²) in [6, 6.07) is 16.7. The van der Waals surface area contributed by atoms with Crippen LogP contribution in [0.15, 0.2) is 54.6 Å². The van der Waals surface area contributed by atoms with Gasteiger partial charge in [0.25, 0.3) is 5.91 Å². The number of amides is 1. The van der Waals surface area contributed by atoms with E-state index in [0.717, 1.165) is 11.1 Å². The Morgan fingerprint density at radius 3 is 2.15 bits per heavy atom. The maximum Gasteiger partial charge on any atom is 0.328 e. The Morgan fingerprint density at radius 1 is 1.00 bits per heavy atom. The second-order valence-electron chi connectivity index (χ2n) is 7.40. The molecule has 0 aromatic heterocycles. The topological polar surface area (TPSA) is 55.4 Å². The van der Waals surface area contributed by atoms with Gasteiger partial charge in [0.1, 0.15) is 6.04 Å².